The van der Waals surface area contributed by atoms with Crippen molar-refractivity contribution >= 4 is 29.1 Å². The number of benzene rings is 1. The molecule has 0 aliphatic rings. The Labute approximate surface area is 110 Å². The number of methoxy groups -OCH3 is 1. The molecule has 0 heterocycles. The Morgan fingerprint density at radius 3 is 2.71 bits per heavy atom. The number of rotatable bonds is 4. The van der Waals surface area contributed by atoms with Gasteiger partial charge in [-0.05, 0) is 17.7 Å². The van der Waals surface area contributed by atoms with E-state index in [4.69, 9.17) is 27.9 Å². The summed E-state index contributed by atoms with van der Waals surface area (Å²) in [6.45, 7) is 0.349. The van der Waals surface area contributed by atoms with E-state index in [0.29, 0.717) is 6.54 Å². The average Bonchev–Trinajstić information content (AvgIpc) is 2.32. The third kappa shape index (κ3) is 3.41. The second-order valence-electron chi connectivity index (χ2n) is 3.51. The zero-order valence-corrected chi connectivity index (χ0v) is 11.0. The molecule has 0 saturated heterocycles. The van der Waals surface area contributed by atoms with E-state index in [2.05, 4.69) is 0 Å². The Balaban J connectivity index is 2.92. The summed E-state index contributed by atoms with van der Waals surface area (Å²) in [5.74, 6) is -0.0855. The van der Waals surface area contributed by atoms with Gasteiger partial charge in [0.05, 0.1) is 12.1 Å². The summed E-state index contributed by atoms with van der Waals surface area (Å²) >= 11 is 11.3. The summed E-state index contributed by atoms with van der Waals surface area (Å²) < 4.78 is 4.97. The first-order valence-electron chi connectivity index (χ1n) is 4.85. The van der Waals surface area contributed by atoms with Crippen molar-refractivity contribution < 1.29 is 14.6 Å². The molecule has 0 aromatic heterocycles. The predicted octanol–water partition coefficient (Wildman–Crippen LogP) is 2.25. The third-order valence-electron chi connectivity index (χ3n) is 2.27. The maximum atomic E-state index is 11.3. The lowest BCUT2D eigenvalue weighted by atomic mass is 10.2. The van der Waals surface area contributed by atoms with Gasteiger partial charge in [0.1, 0.15) is 5.88 Å². The molecule has 6 heteroatoms. The Morgan fingerprint density at radius 1 is 1.53 bits per heavy atom. The molecule has 0 bridgehead atoms. The first-order chi connectivity index (χ1) is 7.99. The number of phenols is 1. The number of phenolic OH excluding ortho intramolecular Hbond substituents is 1. The molecule has 1 rings (SSSR count). The zero-order chi connectivity index (χ0) is 13.0. The SMILES string of the molecule is COc1cc(CN(C)C(=O)CCl)cc(Cl)c1O. The topological polar surface area (TPSA) is 49.8 Å². The van der Waals surface area contributed by atoms with Crippen LogP contribution >= 0.6 is 23.2 Å². The van der Waals surface area contributed by atoms with E-state index in [1.807, 2.05) is 0 Å². The Bertz CT molecular complexity index is 423. The van der Waals surface area contributed by atoms with Gasteiger partial charge in [0.15, 0.2) is 11.5 Å². The van der Waals surface area contributed by atoms with Gasteiger partial charge in [0.25, 0.3) is 0 Å². The van der Waals surface area contributed by atoms with Gasteiger partial charge in [-0.15, -0.1) is 11.6 Å². The Morgan fingerprint density at radius 2 is 2.18 bits per heavy atom. The largest absolute Gasteiger partial charge is 0.503 e. The molecule has 1 aromatic carbocycles. The van der Waals surface area contributed by atoms with E-state index < -0.39 is 0 Å². The van der Waals surface area contributed by atoms with E-state index in [-0.39, 0.29) is 28.3 Å². The zero-order valence-electron chi connectivity index (χ0n) is 9.54. The number of alkyl halides is 1. The molecular formula is C11H13Cl2NO3. The van der Waals surface area contributed by atoms with E-state index in [1.165, 1.54) is 12.0 Å². The molecule has 0 spiro atoms. The normalized spacial score (nSPS) is 10.1. The number of aromatic hydroxyl groups is 1. The van der Waals surface area contributed by atoms with Crippen LogP contribution in [0.15, 0.2) is 12.1 Å². The molecule has 17 heavy (non-hydrogen) atoms. The average molecular weight is 278 g/mol. The van der Waals surface area contributed by atoms with Gasteiger partial charge in [-0.2, -0.15) is 0 Å². The predicted molar refractivity (Wildman–Crippen MR) is 66.9 cm³/mol. The number of hydrogen-bond acceptors (Lipinski definition) is 3. The summed E-state index contributed by atoms with van der Waals surface area (Å²) in [4.78, 5) is 12.8. The van der Waals surface area contributed by atoms with E-state index >= 15 is 0 Å². The van der Waals surface area contributed by atoms with Crippen molar-refractivity contribution in [3.05, 3.63) is 22.7 Å². The number of hydrogen-bond donors (Lipinski definition) is 1. The number of amides is 1. The summed E-state index contributed by atoms with van der Waals surface area (Å²) in [6, 6.07) is 3.21. The van der Waals surface area contributed by atoms with Crippen molar-refractivity contribution in [1.82, 2.24) is 4.90 Å². The fourth-order valence-corrected chi connectivity index (χ4v) is 1.78. The van der Waals surface area contributed by atoms with Crippen LogP contribution in [0.2, 0.25) is 5.02 Å². The maximum Gasteiger partial charge on any atom is 0.237 e. The molecule has 0 saturated carbocycles. The van der Waals surface area contributed by atoms with Gasteiger partial charge < -0.3 is 14.7 Å². The second-order valence-corrected chi connectivity index (χ2v) is 4.19. The quantitative estimate of drug-likeness (QED) is 0.859. The van der Waals surface area contributed by atoms with Crippen LogP contribution in [0.1, 0.15) is 5.56 Å². The van der Waals surface area contributed by atoms with Gasteiger partial charge >= 0.3 is 0 Å². The first kappa shape index (κ1) is 13.9. The molecule has 1 N–H and O–H groups in total. The van der Waals surface area contributed by atoms with Gasteiger partial charge in [-0.3, -0.25) is 4.79 Å². The highest BCUT2D eigenvalue weighted by Gasteiger charge is 2.12. The van der Waals surface area contributed by atoms with Crippen LogP contribution in [0.3, 0.4) is 0 Å². The number of carbonyl (C=O) groups is 1. The number of carbonyl (C=O) groups excluding carboxylic acids is 1. The second kappa shape index (κ2) is 5.98. The summed E-state index contributed by atoms with van der Waals surface area (Å²) in [5, 5.41) is 9.74. The molecule has 0 fully saturated rings. The molecule has 0 atom stereocenters. The maximum absolute atomic E-state index is 11.3. The lowest BCUT2D eigenvalue weighted by Gasteiger charge is -2.17. The molecule has 0 radical (unpaired) electrons. The molecular weight excluding hydrogens is 265 g/mol. The molecule has 1 amide bonds. The molecule has 0 unspecified atom stereocenters. The molecule has 1 aromatic rings. The van der Waals surface area contributed by atoms with Crippen LogP contribution < -0.4 is 4.74 Å². The van der Waals surface area contributed by atoms with Crippen LogP contribution in [-0.2, 0) is 11.3 Å². The monoisotopic (exact) mass is 277 g/mol. The summed E-state index contributed by atoms with van der Waals surface area (Å²) in [5.41, 5.74) is 0.755. The molecule has 4 nitrogen and oxygen atoms in total. The van der Waals surface area contributed by atoms with Gasteiger partial charge in [0.2, 0.25) is 5.91 Å². The number of ether oxygens (including phenoxy) is 1. The van der Waals surface area contributed by atoms with Crippen molar-refractivity contribution in [2.24, 2.45) is 0 Å². The minimum absolute atomic E-state index is 0.0700. The summed E-state index contributed by atoms with van der Waals surface area (Å²) in [7, 11) is 3.07. The number of nitrogens with zero attached hydrogens (tertiary/aromatic N) is 1. The Hall–Kier alpha value is -1.13. The van der Waals surface area contributed by atoms with E-state index in [1.54, 1.807) is 19.2 Å². The standard InChI is InChI=1S/C11H13Cl2NO3/c1-14(10(15)5-12)6-7-3-8(13)11(16)9(4-7)17-2/h3-4,16H,5-6H2,1-2H3. The van der Waals surface area contributed by atoms with Gasteiger partial charge in [-0.25, -0.2) is 0 Å². The summed E-state index contributed by atoms with van der Waals surface area (Å²) in [6.07, 6.45) is 0. The minimum Gasteiger partial charge on any atom is -0.503 e. The van der Waals surface area contributed by atoms with Crippen LogP contribution in [0.4, 0.5) is 0 Å². The van der Waals surface area contributed by atoms with Crippen LogP contribution in [0.25, 0.3) is 0 Å². The van der Waals surface area contributed by atoms with Crippen LogP contribution in [0.5, 0.6) is 11.5 Å². The highest BCUT2D eigenvalue weighted by atomic mass is 35.5. The van der Waals surface area contributed by atoms with Crippen molar-refractivity contribution in [3.8, 4) is 11.5 Å². The van der Waals surface area contributed by atoms with Crippen molar-refractivity contribution in [1.29, 1.82) is 0 Å². The van der Waals surface area contributed by atoms with E-state index in [9.17, 15) is 9.90 Å². The van der Waals surface area contributed by atoms with Crippen LogP contribution in [0, 0.1) is 0 Å². The smallest absolute Gasteiger partial charge is 0.237 e. The van der Waals surface area contributed by atoms with Gasteiger partial charge in [-0.1, -0.05) is 11.6 Å². The minimum atomic E-state index is -0.185. The van der Waals surface area contributed by atoms with Crippen molar-refractivity contribution in [2.75, 3.05) is 20.0 Å². The first-order valence-corrected chi connectivity index (χ1v) is 5.76. The third-order valence-corrected chi connectivity index (χ3v) is 2.78. The highest BCUT2D eigenvalue weighted by Crippen LogP contribution is 2.35. The molecule has 94 valence electrons. The lowest BCUT2D eigenvalue weighted by Crippen LogP contribution is -2.27. The molecule has 0 aliphatic carbocycles. The number of halogens is 2. The van der Waals surface area contributed by atoms with E-state index in [0.717, 1.165) is 5.56 Å². The van der Waals surface area contributed by atoms with Crippen molar-refractivity contribution in [2.45, 2.75) is 6.54 Å². The van der Waals surface area contributed by atoms with Crippen LogP contribution in [-0.4, -0.2) is 36.0 Å². The molecule has 0 aliphatic heterocycles. The van der Waals surface area contributed by atoms with Gasteiger partial charge in [0, 0.05) is 13.6 Å². The highest BCUT2D eigenvalue weighted by molar-refractivity contribution is 6.32. The van der Waals surface area contributed by atoms with Crippen molar-refractivity contribution in [3.63, 3.8) is 0 Å². The fourth-order valence-electron chi connectivity index (χ4n) is 1.34. The Kier molecular flexibility index (Phi) is 4.90. The fraction of sp³-hybridized carbons (Fsp3) is 0.364. The lowest BCUT2D eigenvalue weighted by molar-refractivity contribution is -0.127.